The van der Waals surface area contributed by atoms with E-state index in [0.717, 1.165) is 16.8 Å². The molecule has 0 atom stereocenters. The molecule has 0 bridgehead atoms. The van der Waals surface area contributed by atoms with Crippen LogP contribution in [0.25, 0.3) is 0 Å². The van der Waals surface area contributed by atoms with E-state index in [1.54, 1.807) is 43.4 Å². The summed E-state index contributed by atoms with van der Waals surface area (Å²) in [6.45, 7) is 0.258. The van der Waals surface area contributed by atoms with Crippen LogP contribution in [0.2, 0.25) is 0 Å². The minimum Gasteiger partial charge on any atom is -0.484 e. The van der Waals surface area contributed by atoms with Crippen molar-refractivity contribution in [2.45, 2.75) is 19.4 Å². The van der Waals surface area contributed by atoms with Crippen molar-refractivity contribution in [3.05, 3.63) is 59.2 Å². The summed E-state index contributed by atoms with van der Waals surface area (Å²) in [5, 5.41) is 8.14. The Balaban J connectivity index is 1.47. The zero-order chi connectivity index (χ0) is 19.2. The number of nitrogens with one attached hydrogen (secondary N) is 3. The maximum atomic E-state index is 12.0. The van der Waals surface area contributed by atoms with Crippen molar-refractivity contribution in [1.29, 1.82) is 0 Å². The Morgan fingerprint density at radius 1 is 1.11 bits per heavy atom. The van der Waals surface area contributed by atoms with Crippen molar-refractivity contribution in [1.82, 2.24) is 10.6 Å². The Labute approximate surface area is 157 Å². The lowest BCUT2D eigenvalue weighted by Crippen LogP contribution is -2.28. The second-order valence-electron chi connectivity index (χ2n) is 6.21. The Kier molecular flexibility index (Phi) is 5.71. The van der Waals surface area contributed by atoms with Crippen molar-refractivity contribution < 1.29 is 19.1 Å². The molecule has 0 saturated carbocycles. The van der Waals surface area contributed by atoms with Gasteiger partial charge < -0.3 is 20.7 Å². The first kappa shape index (κ1) is 18.4. The molecule has 3 rings (SSSR count). The average molecular weight is 367 g/mol. The molecular formula is C20H21N3O4. The Bertz CT molecular complexity index is 862. The van der Waals surface area contributed by atoms with E-state index in [9.17, 15) is 14.4 Å². The third-order valence-corrected chi connectivity index (χ3v) is 4.27. The van der Waals surface area contributed by atoms with E-state index in [2.05, 4.69) is 16.0 Å². The van der Waals surface area contributed by atoms with E-state index in [4.69, 9.17) is 4.74 Å². The molecule has 0 aliphatic carbocycles. The quantitative estimate of drug-likeness (QED) is 0.723. The Morgan fingerprint density at radius 2 is 1.89 bits per heavy atom. The molecular weight excluding hydrogens is 346 g/mol. The molecule has 0 saturated heterocycles. The van der Waals surface area contributed by atoms with Crippen LogP contribution in [0.4, 0.5) is 5.69 Å². The zero-order valence-electron chi connectivity index (χ0n) is 15.0. The van der Waals surface area contributed by atoms with Crippen molar-refractivity contribution in [2.75, 3.05) is 19.0 Å². The van der Waals surface area contributed by atoms with E-state index in [1.165, 1.54) is 0 Å². The summed E-state index contributed by atoms with van der Waals surface area (Å²) in [6.07, 6.45) is 1.12. The topological polar surface area (TPSA) is 96.5 Å². The number of hydrogen-bond acceptors (Lipinski definition) is 4. The molecule has 0 unspecified atom stereocenters. The number of ether oxygens (including phenoxy) is 1. The summed E-state index contributed by atoms with van der Waals surface area (Å²) in [5.74, 6) is 0.217. The van der Waals surface area contributed by atoms with Crippen LogP contribution in [0.3, 0.4) is 0 Å². The summed E-state index contributed by atoms with van der Waals surface area (Å²) in [6, 6.07) is 12.4. The lowest BCUT2D eigenvalue weighted by Gasteiger charge is -2.17. The maximum absolute atomic E-state index is 12.0. The minimum atomic E-state index is -0.239. The van der Waals surface area contributed by atoms with Crippen LogP contribution >= 0.6 is 0 Å². The van der Waals surface area contributed by atoms with Gasteiger partial charge in [-0.2, -0.15) is 0 Å². The van der Waals surface area contributed by atoms with Gasteiger partial charge in [-0.25, -0.2) is 0 Å². The summed E-state index contributed by atoms with van der Waals surface area (Å²) in [5.41, 5.74) is 3.26. The predicted octanol–water partition coefficient (Wildman–Crippen LogP) is 1.63. The highest BCUT2D eigenvalue weighted by molar-refractivity contribution is 5.94. The zero-order valence-corrected chi connectivity index (χ0v) is 15.0. The molecule has 7 heteroatoms. The number of benzene rings is 2. The van der Waals surface area contributed by atoms with Crippen LogP contribution in [0, 0.1) is 0 Å². The summed E-state index contributed by atoms with van der Waals surface area (Å²) in [4.78, 5) is 34.9. The van der Waals surface area contributed by atoms with Crippen LogP contribution in [-0.2, 0) is 22.6 Å². The SMILES string of the molecule is CNC(=O)c1ccc(CNC(=O)COc2ccc3c(c2)CCC(=O)N3)cc1. The third-order valence-electron chi connectivity index (χ3n) is 4.27. The van der Waals surface area contributed by atoms with Gasteiger partial charge in [0.05, 0.1) is 0 Å². The van der Waals surface area contributed by atoms with Gasteiger partial charge in [0, 0.05) is 31.3 Å². The second-order valence-corrected chi connectivity index (χ2v) is 6.21. The van der Waals surface area contributed by atoms with Gasteiger partial charge in [0.2, 0.25) is 5.91 Å². The van der Waals surface area contributed by atoms with E-state index >= 15 is 0 Å². The van der Waals surface area contributed by atoms with Gasteiger partial charge in [-0.1, -0.05) is 12.1 Å². The van der Waals surface area contributed by atoms with E-state index < -0.39 is 0 Å². The van der Waals surface area contributed by atoms with E-state index in [1.807, 2.05) is 6.07 Å². The van der Waals surface area contributed by atoms with Crippen LogP contribution in [-0.4, -0.2) is 31.4 Å². The van der Waals surface area contributed by atoms with E-state index in [-0.39, 0.29) is 24.3 Å². The van der Waals surface area contributed by atoms with Gasteiger partial charge >= 0.3 is 0 Å². The number of aryl methyl sites for hydroxylation is 1. The fourth-order valence-electron chi connectivity index (χ4n) is 2.77. The van der Waals surface area contributed by atoms with Crippen LogP contribution in [0.15, 0.2) is 42.5 Å². The van der Waals surface area contributed by atoms with Gasteiger partial charge in [0.15, 0.2) is 6.61 Å². The van der Waals surface area contributed by atoms with E-state index in [0.29, 0.717) is 30.7 Å². The highest BCUT2D eigenvalue weighted by Crippen LogP contribution is 2.26. The van der Waals surface area contributed by atoms with Gasteiger partial charge in [-0.15, -0.1) is 0 Å². The lowest BCUT2D eigenvalue weighted by molar-refractivity contribution is -0.123. The molecule has 1 aliphatic rings. The second kappa shape index (κ2) is 8.35. The van der Waals surface area contributed by atoms with Crippen molar-refractivity contribution in [3.8, 4) is 5.75 Å². The molecule has 3 N–H and O–H groups in total. The van der Waals surface area contributed by atoms with Crippen LogP contribution < -0.4 is 20.7 Å². The number of fused-ring (bicyclic) bond motifs is 1. The largest absolute Gasteiger partial charge is 0.484 e. The third kappa shape index (κ3) is 4.84. The normalized spacial score (nSPS) is 12.6. The molecule has 0 radical (unpaired) electrons. The predicted molar refractivity (Wildman–Crippen MR) is 101 cm³/mol. The molecule has 2 aromatic carbocycles. The fourth-order valence-corrected chi connectivity index (χ4v) is 2.77. The average Bonchev–Trinajstić information content (AvgIpc) is 2.70. The monoisotopic (exact) mass is 367 g/mol. The molecule has 3 amide bonds. The number of rotatable bonds is 6. The van der Waals surface area contributed by atoms with Gasteiger partial charge in [-0.3, -0.25) is 14.4 Å². The molecule has 0 spiro atoms. The van der Waals surface area contributed by atoms with Gasteiger partial charge in [0.1, 0.15) is 5.75 Å². The number of hydrogen-bond donors (Lipinski definition) is 3. The molecule has 1 aliphatic heterocycles. The lowest BCUT2D eigenvalue weighted by atomic mass is 10.0. The number of carbonyl (C=O) groups is 3. The first-order valence-corrected chi connectivity index (χ1v) is 8.68. The smallest absolute Gasteiger partial charge is 0.258 e. The van der Waals surface area contributed by atoms with Gasteiger partial charge in [-0.05, 0) is 47.9 Å². The van der Waals surface area contributed by atoms with Crippen LogP contribution in [0.1, 0.15) is 27.9 Å². The molecule has 0 aromatic heterocycles. The molecule has 7 nitrogen and oxygen atoms in total. The summed E-state index contributed by atoms with van der Waals surface area (Å²) < 4.78 is 5.54. The standard InChI is InChI=1S/C20H21N3O4/c1-21-20(26)14-4-2-13(3-5-14)11-22-19(25)12-27-16-7-8-17-15(10-16)6-9-18(24)23-17/h2-5,7-8,10H,6,9,11-12H2,1H3,(H,21,26)(H,22,25)(H,23,24). The van der Waals surface area contributed by atoms with Crippen LogP contribution in [0.5, 0.6) is 5.75 Å². The highest BCUT2D eigenvalue weighted by atomic mass is 16.5. The Hall–Kier alpha value is -3.35. The first-order chi connectivity index (χ1) is 13.0. The summed E-state index contributed by atoms with van der Waals surface area (Å²) >= 11 is 0. The maximum Gasteiger partial charge on any atom is 0.258 e. The van der Waals surface area contributed by atoms with Crippen molar-refractivity contribution in [2.24, 2.45) is 0 Å². The van der Waals surface area contributed by atoms with Crippen molar-refractivity contribution >= 4 is 23.4 Å². The first-order valence-electron chi connectivity index (χ1n) is 8.68. The number of carbonyl (C=O) groups excluding carboxylic acids is 3. The molecule has 1 heterocycles. The summed E-state index contributed by atoms with van der Waals surface area (Å²) in [7, 11) is 1.58. The highest BCUT2D eigenvalue weighted by Gasteiger charge is 2.15. The molecule has 27 heavy (non-hydrogen) atoms. The Morgan fingerprint density at radius 3 is 2.63 bits per heavy atom. The number of anilines is 1. The minimum absolute atomic E-state index is 0.0129. The number of amides is 3. The molecule has 0 fully saturated rings. The fraction of sp³-hybridized carbons (Fsp3) is 0.250. The molecule has 140 valence electrons. The van der Waals surface area contributed by atoms with Crippen molar-refractivity contribution in [3.63, 3.8) is 0 Å². The molecule has 2 aromatic rings. The van der Waals surface area contributed by atoms with Gasteiger partial charge in [0.25, 0.3) is 11.8 Å².